The number of ether oxygens (including phenoxy) is 2. The molecule has 1 aliphatic carbocycles. The summed E-state index contributed by atoms with van der Waals surface area (Å²) in [4.78, 5) is 19.3. The number of hydrogen-bond donors (Lipinski definition) is 2. The highest BCUT2D eigenvalue weighted by molar-refractivity contribution is 7.21. The summed E-state index contributed by atoms with van der Waals surface area (Å²) in [5.74, 6) is 1.86. The molecule has 0 unspecified atom stereocenters. The molecule has 182 valence electrons. The molecule has 6 nitrogen and oxygen atoms in total. The summed E-state index contributed by atoms with van der Waals surface area (Å²) >= 11 is 1.39. The van der Waals surface area contributed by atoms with Crippen LogP contribution in [-0.2, 0) is 19.3 Å². The van der Waals surface area contributed by atoms with Crippen LogP contribution in [-0.4, -0.2) is 31.7 Å². The number of carbonyl (C=O) groups is 1. The Morgan fingerprint density at radius 1 is 1.24 bits per heavy atom. The largest absolute Gasteiger partial charge is 0.493 e. The minimum Gasteiger partial charge on any atom is -0.493 e. The predicted molar refractivity (Wildman–Crippen MR) is 139 cm³/mol. The van der Waals surface area contributed by atoms with E-state index >= 15 is 0 Å². The zero-order valence-corrected chi connectivity index (χ0v) is 21.6. The lowest BCUT2D eigenvalue weighted by Crippen LogP contribution is -2.29. The molecule has 3 N–H and O–H groups in total. The summed E-state index contributed by atoms with van der Waals surface area (Å²) in [6.45, 7) is 7.49. The Morgan fingerprint density at radius 2 is 2.00 bits per heavy atom. The summed E-state index contributed by atoms with van der Waals surface area (Å²) in [5, 5.41) is 3.92. The Labute approximate surface area is 205 Å². The Hall–Kier alpha value is -2.80. The molecule has 2 heterocycles. The number of pyridine rings is 1. The van der Waals surface area contributed by atoms with Gasteiger partial charge in [0.2, 0.25) is 0 Å². The molecular weight excluding hydrogens is 446 g/mol. The Kier molecular flexibility index (Phi) is 7.03. The van der Waals surface area contributed by atoms with Gasteiger partial charge in [-0.25, -0.2) is 4.98 Å². The van der Waals surface area contributed by atoms with E-state index in [1.165, 1.54) is 16.9 Å². The van der Waals surface area contributed by atoms with Crippen molar-refractivity contribution >= 4 is 33.1 Å². The number of nitrogen functional groups attached to an aromatic ring is 1. The summed E-state index contributed by atoms with van der Waals surface area (Å²) in [6.07, 6.45) is 5.02. The van der Waals surface area contributed by atoms with E-state index in [1.54, 1.807) is 14.2 Å². The van der Waals surface area contributed by atoms with Gasteiger partial charge in [-0.2, -0.15) is 0 Å². The third-order valence-electron chi connectivity index (χ3n) is 7.46. The number of carbonyl (C=O) groups excluding carboxylic acids is 1. The molecule has 1 aromatic carbocycles. The third-order valence-corrected chi connectivity index (χ3v) is 8.57. The van der Waals surface area contributed by atoms with Crippen LogP contribution in [0.3, 0.4) is 0 Å². The maximum atomic E-state index is 12.9. The lowest BCUT2D eigenvalue weighted by atomic mass is 9.69. The van der Waals surface area contributed by atoms with Gasteiger partial charge in [-0.3, -0.25) is 4.79 Å². The van der Waals surface area contributed by atoms with Crippen LogP contribution in [0.2, 0.25) is 0 Å². The summed E-state index contributed by atoms with van der Waals surface area (Å²) < 4.78 is 10.6. The Bertz CT molecular complexity index is 1200. The van der Waals surface area contributed by atoms with E-state index in [9.17, 15) is 4.79 Å². The first-order valence-electron chi connectivity index (χ1n) is 12.0. The molecule has 4 rings (SSSR count). The van der Waals surface area contributed by atoms with Crippen molar-refractivity contribution in [2.24, 2.45) is 11.3 Å². The maximum Gasteiger partial charge on any atom is 0.263 e. The van der Waals surface area contributed by atoms with Gasteiger partial charge in [0.25, 0.3) is 5.91 Å². The number of aryl methyl sites for hydroxylation is 1. The van der Waals surface area contributed by atoms with Crippen LogP contribution >= 0.6 is 11.3 Å². The average molecular weight is 482 g/mol. The van der Waals surface area contributed by atoms with Crippen molar-refractivity contribution in [1.82, 2.24) is 10.3 Å². The van der Waals surface area contributed by atoms with Crippen LogP contribution in [0.5, 0.6) is 11.5 Å². The van der Waals surface area contributed by atoms with Crippen molar-refractivity contribution in [2.75, 3.05) is 26.5 Å². The number of nitrogens with two attached hydrogens (primary N) is 1. The van der Waals surface area contributed by atoms with Crippen molar-refractivity contribution in [3.05, 3.63) is 46.0 Å². The number of amides is 1. The zero-order chi connectivity index (χ0) is 24.5. The lowest BCUT2D eigenvalue weighted by Gasteiger charge is -2.36. The van der Waals surface area contributed by atoms with E-state index in [2.05, 4.69) is 32.2 Å². The number of nitrogens with one attached hydrogen (secondary N) is 1. The smallest absolute Gasteiger partial charge is 0.263 e. The summed E-state index contributed by atoms with van der Waals surface area (Å²) in [7, 11) is 3.23. The number of thiophene rings is 1. The third kappa shape index (κ3) is 4.71. The van der Waals surface area contributed by atoms with Crippen LogP contribution in [0.4, 0.5) is 5.69 Å². The van der Waals surface area contributed by atoms with Gasteiger partial charge in [-0.15, -0.1) is 11.3 Å². The van der Waals surface area contributed by atoms with Crippen LogP contribution in [0.25, 0.3) is 10.2 Å². The van der Waals surface area contributed by atoms with E-state index in [0.29, 0.717) is 46.4 Å². The van der Waals surface area contributed by atoms with Crippen molar-refractivity contribution in [1.29, 1.82) is 0 Å². The minimum atomic E-state index is -0.149. The molecule has 0 fully saturated rings. The first kappa shape index (κ1) is 24.3. The first-order chi connectivity index (χ1) is 16.3. The number of aromatic nitrogens is 1. The number of nitrogens with zero attached hydrogens (tertiary/aromatic N) is 1. The van der Waals surface area contributed by atoms with E-state index in [4.69, 9.17) is 20.2 Å². The molecule has 0 radical (unpaired) electrons. The van der Waals surface area contributed by atoms with Gasteiger partial charge in [0, 0.05) is 17.6 Å². The standard InChI is InChI=1S/C27H35N3O3S/c1-6-27(2,3)18-8-9-20-17(14-18)15-19-23(28)24(34-26(19)30-20)25(31)29-12-11-16-7-10-21(32-4)22(13-16)33-5/h7,10,13,15,18H,6,8-9,11-12,14,28H2,1-5H3,(H,29,31)/t18-/m0/s1. The van der Waals surface area contributed by atoms with Crippen molar-refractivity contribution in [3.63, 3.8) is 0 Å². The van der Waals surface area contributed by atoms with Gasteiger partial charge in [0.05, 0.1) is 19.9 Å². The molecule has 34 heavy (non-hydrogen) atoms. The fraction of sp³-hybridized carbons (Fsp3) is 0.481. The fourth-order valence-corrected chi connectivity index (χ4v) is 5.76. The molecule has 0 aliphatic heterocycles. The second kappa shape index (κ2) is 9.82. The van der Waals surface area contributed by atoms with Gasteiger partial charge in [0.15, 0.2) is 11.5 Å². The van der Waals surface area contributed by atoms with Gasteiger partial charge in [-0.1, -0.05) is 33.3 Å². The van der Waals surface area contributed by atoms with Gasteiger partial charge in [0.1, 0.15) is 9.71 Å². The average Bonchev–Trinajstić information content (AvgIpc) is 3.17. The van der Waals surface area contributed by atoms with Crippen molar-refractivity contribution in [3.8, 4) is 11.5 Å². The highest BCUT2D eigenvalue weighted by Crippen LogP contribution is 2.42. The van der Waals surface area contributed by atoms with Crippen LogP contribution in [0.1, 0.15) is 60.1 Å². The van der Waals surface area contributed by atoms with Gasteiger partial charge >= 0.3 is 0 Å². The molecule has 0 bridgehead atoms. The highest BCUT2D eigenvalue weighted by Gasteiger charge is 2.32. The van der Waals surface area contributed by atoms with Crippen LogP contribution < -0.4 is 20.5 Å². The van der Waals surface area contributed by atoms with Gasteiger partial charge < -0.3 is 20.5 Å². The number of methoxy groups -OCH3 is 2. The molecule has 7 heteroatoms. The first-order valence-corrected chi connectivity index (χ1v) is 12.8. The molecule has 1 aliphatic rings. The second-order valence-corrected chi connectivity index (χ2v) is 10.8. The molecular formula is C27H35N3O3S. The molecule has 0 saturated heterocycles. The Morgan fingerprint density at radius 3 is 2.71 bits per heavy atom. The molecule has 0 spiro atoms. The normalized spacial score (nSPS) is 15.7. The molecule has 0 saturated carbocycles. The number of anilines is 1. The fourth-order valence-electron chi connectivity index (χ4n) is 4.75. The second-order valence-electron chi connectivity index (χ2n) is 9.77. The highest BCUT2D eigenvalue weighted by atomic mass is 32.1. The topological polar surface area (TPSA) is 86.5 Å². The minimum absolute atomic E-state index is 0.149. The Balaban J connectivity index is 1.47. The van der Waals surface area contributed by atoms with Crippen molar-refractivity contribution < 1.29 is 14.3 Å². The molecule has 3 aromatic rings. The van der Waals surface area contributed by atoms with Crippen LogP contribution in [0, 0.1) is 11.3 Å². The van der Waals surface area contributed by atoms with E-state index < -0.39 is 0 Å². The van der Waals surface area contributed by atoms with E-state index in [0.717, 1.165) is 47.2 Å². The number of fused-ring (bicyclic) bond motifs is 2. The number of hydrogen-bond acceptors (Lipinski definition) is 6. The monoisotopic (exact) mass is 481 g/mol. The van der Waals surface area contributed by atoms with Gasteiger partial charge in [-0.05, 0) is 66.3 Å². The quantitative estimate of drug-likeness (QED) is 0.449. The molecule has 2 aromatic heterocycles. The van der Waals surface area contributed by atoms with E-state index in [1.807, 2.05) is 18.2 Å². The SMILES string of the molecule is CCC(C)(C)[C@H]1CCc2nc3sc(C(=O)NCCc4ccc(OC)c(OC)c4)c(N)c3cc2C1. The maximum absolute atomic E-state index is 12.9. The van der Waals surface area contributed by atoms with Crippen LogP contribution in [0.15, 0.2) is 24.3 Å². The number of benzene rings is 1. The summed E-state index contributed by atoms with van der Waals surface area (Å²) in [6, 6.07) is 7.96. The summed E-state index contributed by atoms with van der Waals surface area (Å²) in [5.41, 5.74) is 10.8. The number of rotatable bonds is 8. The molecule has 1 atom stereocenters. The lowest BCUT2D eigenvalue weighted by molar-refractivity contribution is 0.0959. The van der Waals surface area contributed by atoms with E-state index in [-0.39, 0.29) is 5.91 Å². The molecule has 1 amide bonds. The predicted octanol–water partition coefficient (Wildman–Crippen LogP) is 5.41. The zero-order valence-electron chi connectivity index (χ0n) is 20.8. The van der Waals surface area contributed by atoms with Crippen molar-refractivity contribution in [2.45, 2.75) is 52.9 Å².